The summed E-state index contributed by atoms with van der Waals surface area (Å²) < 4.78 is 9.74. The molecule has 2 N–H and O–H groups in total. The highest BCUT2D eigenvalue weighted by atomic mass is 35.5. The van der Waals surface area contributed by atoms with Crippen molar-refractivity contribution in [2.75, 3.05) is 12.1 Å². The first-order chi connectivity index (χ1) is 8.58. The lowest BCUT2D eigenvalue weighted by Gasteiger charge is -2.13. The predicted octanol–water partition coefficient (Wildman–Crippen LogP) is 1.10. The van der Waals surface area contributed by atoms with E-state index in [2.05, 4.69) is 5.32 Å². The van der Waals surface area contributed by atoms with Crippen molar-refractivity contribution in [3.05, 3.63) is 29.3 Å². The minimum Gasteiger partial charge on any atom is -0.479 e. The number of carbonyl (C=O) groups excluding carboxylic acids is 1. The van der Waals surface area contributed by atoms with Crippen LogP contribution in [-0.4, -0.2) is 36.0 Å². The minimum atomic E-state index is -1.28. The van der Waals surface area contributed by atoms with Crippen molar-refractivity contribution >= 4 is 29.2 Å². The molecule has 0 saturated carbocycles. The highest BCUT2D eigenvalue weighted by Crippen LogP contribution is 2.17. The zero-order valence-corrected chi connectivity index (χ0v) is 9.89. The molecule has 7 heteroatoms. The molecule has 2 atom stereocenters. The van der Waals surface area contributed by atoms with Crippen molar-refractivity contribution in [2.45, 2.75) is 12.2 Å². The number of ether oxygens (including phenoxy) is 2. The number of anilines is 1. The van der Waals surface area contributed by atoms with Gasteiger partial charge in [0.15, 0.2) is 12.2 Å². The molecule has 0 radical (unpaired) electrons. The second kappa shape index (κ2) is 5.34. The van der Waals surface area contributed by atoms with Gasteiger partial charge in [0.25, 0.3) is 5.91 Å². The maximum absolute atomic E-state index is 11.8. The topological polar surface area (TPSA) is 84.9 Å². The standard InChI is InChI=1S/C11H10ClNO5/c12-6-1-3-7(4-2-6)13-10(14)8-9(11(15)16)18-5-17-8/h1-4,8-9H,5H2,(H,13,14)(H,15,16)/t8-,9-/m0/s1. The average molecular weight is 272 g/mol. The van der Waals surface area contributed by atoms with Crippen LogP contribution >= 0.6 is 11.6 Å². The second-order valence-electron chi connectivity index (χ2n) is 3.63. The van der Waals surface area contributed by atoms with Gasteiger partial charge in [-0.3, -0.25) is 4.79 Å². The molecule has 18 heavy (non-hydrogen) atoms. The Morgan fingerprint density at radius 2 is 1.83 bits per heavy atom. The van der Waals surface area contributed by atoms with E-state index in [4.69, 9.17) is 26.2 Å². The molecule has 1 fully saturated rings. The summed E-state index contributed by atoms with van der Waals surface area (Å²) in [6.07, 6.45) is -2.43. The fourth-order valence-electron chi connectivity index (χ4n) is 1.52. The molecule has 6 nitrogen and oxygen atoms in total. The maximum Gasteiger partial charge on any atom is 0.336 e. The van der Waals surface area contributed by atoms with Crippen LogP contribution in [0.3, 0.4) is 0 Å². The van der Waals surface area contributed by atoms with Gasteiger partial charge in [-0.25, -0.2) is 4.79 Å². The molecular formula is C11H10ClNO5. The van der Waals surface area contributed by atoms with Crippen molar-refractivity contribution in [3.8, 4) is 0 Å². The molecule has 1 aromatic carbocycles. The number of carboxylic acid groups (broad SMARTS) is 1. The number of amides is 1. The van der Waals surface area contributed by atoms with Crippen molar-refractivity contribution in [3.63, 3.8) is 0 Å². The SMILES string of the molecule is O=C(O)[C@H]1OCO[C@@H]1C(=O)Nc1ccc(Cl)cc1. The summed E-state index contributed by atoms with van der Waals surface area (Å²) in [6, 6.07) is 6.42. The summed E-state index contributed by atoms with van der Waals surface area (Å²) in [5, 5.41) is 11.9. The molecule has 96 valence electrons. The Kier molecular flexibility index (Phi) is 3.81. The lowest BCUT2D eigenvalue weighted by atomic mass is 10.2. The molecule has 1 amide bonds. The van der Waals surface area contributed by atoms with Crippen LogP contribution in [0.2, 0.25) is 5.02 Å². The first-order valence-electron chi connectivity index (χ1n) is 5.10. The third-order valence-electron chi connectivity index (χ3n) is 2.38. The van der Waals surface area contributed by atoms with Gasteiger partial charge in [0.2, 0.25) is 0 Å². The summed E-state index contributed by atoms with van der Waals surface area (Å²) in [7, 11) is 0. The fraction of sp³-hybridized carbons (Fsp3) is 0.273. The van der Waals surface area contributed by atoms with Crippen LogP contribution in [0.25, 0.3) is 0 Å². The predicted molar refractivity (Wildman–Crippen MR) is 62.3 cm³/mol. The normalized spacial score (nSPS) is 22.7. The number of nitrogens with one attached hydrogen (secondary N) is 1. The Bertz CT molecular complexity index is 461. The fourth-order valence-corrected chi connectivity index (χ4v) is 1.65. The highest BCUT2D eigenvalue weighted by molar-refractivity contribution is 6.30. The molecule has 1 heterocycles. The first kappa shape index (κ1) is 12.8. The van der Waals surface area contributed by atoms with E-state index in [1.54, 1.807) is 24.3 Å². The zero-order chi connectivity index (χ0) is 13.1. The third-order valence-corrected chi connectivity index (χ3v) is 2.64. The average Bonchev–Trinajstić information content (AvgIpc) is 2.81. The Morgan fingerprint density at radius 3 is 2.44 bits per heavy atom. The minimum absolute atomic E-state index is 0.213. The number of halogens is 1. The number of hydrogen-bond acceptors (Lipinski definition) is 4. The van der Waals surface area contributed by atoms with Gasteiger partial charge in [0.1, 0.15) is 6.79 Å². The van der Waals surface area contributed by atoms with E-state index in [1.165, 1.54) is 0 Å². The summed E-state index contributed by atoms with van der Waals surface area (Å²) in [5.41, 5.74) is 0.504. The Balaban J connectivity index is 2.03. The van der Waals surface area contributed by atoms with E-state index in [9.17, 15) is 9.59 Å². The molecule has 2 rings (SSSR count). The molecule has 1 saturated heterocycles. The van der Waals surface area contributed by atoms with Crippen molar-refractivity contribution in [2.24, 2.45) is 0 Å². The summed E-state index contributed by atoms with van der Waals surface area (Å²) in [5.74, 6) is -1.80. The van der Waals surface area contributed by atoms with E-state index < -0.39 is 24.1 Å². The van der Waals surface area contributed by atoms with E-state index >= 15 is 0 Å². The number of benzene rings is 1. The monoisotopic (exact) mass is 271 g/mol. The molecule has 0 aromatic heterocycles. The van der Waals surface area contributed by atoms with Crippen LogP contribution in [0.5, 0.6) is 0 Å². The van der Waals surface area contributed by atoms with E-state index in [-0.39, 0.29) is 6.79 Å². The van der Waals surface area contributed by atoms with E-state index in [0.717, 1.165) is 0 Å². The lowest BCUT2D eigenvalue weighted by Crippen LogP contribution is -2.40. The summed E-state index contributed by atoms with van der Waals surface area (Å²) in [6.45, 7) is -0.213. The van der Waals surface area contributed by atoms with Crippen LogP contribution in [0.4, 0.5) is 5.69 Å². The van der Waals surface area contributed by atoms with Crippen molar-refractivity contribution in [1.29, 1.82) is 0 Å². The van der Waals surface area contributed by atoms with Gasteiger partial charge >= 0.3 is 5.97 Å². The maximum atomic E-state index is 11.8. The number of carbonyl (C=O) groups is 2. The molecule has 1 aromatic rings. The first-order valence-corrected chi connectivity index (χ1v) is 5.48. The van der Waals surface area contributed by atoms with Gasteiger partial charge in [-0.2, -0.15) is 0 Å². The molecule has 0 aliphatic carbocycles. The number of rotatable bonds is 3. The smallest absolute Gasteiger partial charge is 0.336 e. The second-order valence-corrected chi connectivity index (χ2v) is 4.06. The molecule has 0 spiro atoms. The number of hydrogen-bond donors (Lipinski definition) is 2. The van der Waals surface area contributed by atoms with Crippen LogP contribution in [0.1, 0.15) is 0 Å². The van der Waals surface area contributed by atoms with Crippen LogP contribution < -0.4 is 5.32 Å². The molecule has 0 bridgehead atoms. The highest BCUT2D eigenvalue weighted by Gasteiger charge is 2.40. The van der Waals surface area contributed by atoms with Gasteiger partial charge in [-0.1, -0.05) is 11.6 Å². The van der Waals surface area contributed by atoms with Gasteiger partial charge in [0.05, 0.1) is 0 Å². The quantitative estimate of drug-likeness (QED) is 0.860. The van der Waals surface area contributed by atoms with Crippen LogP contribution in [0, 0.1) is 0 Å². The van der Waals surface area contributed by atoms with Crippen molar-refractivity contribution in [1.82, 2.24) is 0 Å². The van der Waals surface area contributed by atoms with Crippen LogP contribution in [0.15, 0.2) is 24.3 Å². The molecular weight excluding hydrogens is 262 g/mol. The van der Waals surface area contributed by atoms with E-state index in [0.29, 0.717) is 10.7 Å². The molecule has 1 aliphatic heterocycles. The van der Waals surface area contributed by atoms with Crippen LogP contribution in [-0.2, 0) is 19.1 Å². The molecule has 1 aliphatic rings. The van der Waals surface area contributed by atoms with Gasteiger partial charge in [-0.15, -0.1) is 0 Å². The van der Waals surface area contributed by atoms with Gasteiger partial charge < -0.3 is 19.9 Å². The number of carboxylic acids is 1. The van der Waals surface area contributed by atoms with Gasteiger partial charge in [-0.05, 0) is 24.3 Å². The number of aliphatic carboxylic acids is 1. The van der Waals surface area contributed by atoms with Gasteiger partial charge in [0, 0.05) is 10.7 Å². The Labute approximate surface area is 107 Å². The molecule has 0 unspecified atom stereocenters. The van der Waals surface area contributed by atoms with E-state index in [1.807, 2.05) is 0 Å². The summed E-state index contributed by atoms with van der Waals surface area (Å²) in [4.78, 5) is 22.6. The largest absolute Gasteiger partial charge is 0.479 e. The third kappa shape index (κ3) is 2.79. The zero-order valence-electron chi connectivity index (χ0n) is 9.13. The summed E-state index contributed by atoms with van der Waals surface area (Å²) >= 11 is 5.70. The Hall–Kier alpha value is -1.63. The lowest BCUT2D eigenvalue weighted by molar-refractivity contribution is -0.149. The Morgan fingerprint density at radius 1 is 1.22 bits per heavy atom. The van der Waals surface area contributed by atoms with Crippen molar-refractivity contribution < 1.29 is 24.2 Å².